The molecule has 1 aromatic carbocycles. The van der Waals surface area contributed by atoms with E-state index in [1.54, 1.807) is 24.3 Å². The lowest BCUT2D eigenvalue weighted by Gasteiger charge is -2.16. The summed E-state index contributed by atoms with van der Waals surface area (Å²) < 4.78 is 0. The second-order valence-corrected chi connectivity index (χ2v) is 4.58. The van der Waals surface area contributed by atoms with Crippen molar-refractivity contribution in [2.75, 3.05) is 0 Å². The van der Waals surface area contributed by atoms with Crippen molar-refractivity contribution >= 4 is 28.9 Å². The normalized spacial score (nSPS) is 24.1. The van der Waals surface area contributed by atoms with E-state index in [1.807, 2.05) is 24.3 Å². The molecule has 1 unspecified atom stereocenters. The Morgan fingerprint density at radius 3 is 2.50 bits per heavy atom. The first-order chi connectivity index (χ1) is 7.68. The number of halogens is 2. The van der Waals surface area contributed by atoms with Crippen molar-refractivity contribution in [1.82, 2.24) is 0 Å². The van der Waals surface area contributed by atoms with Crippen LogP contribution >= 0.6 is 23.2 Å². The van der Waals surface area contributed by atoms with E-state index in [-0.39, 0.29) is 0 Å². The van der Waals surface area contributed by atoms with Crippen molar-refractivity contribution in [3.8, 4) is 0 Å². The van der Waals surface area contributed by atoms with Crippen LogP contribution in [0, 0.1) is 0 Å². The van der Waals surface area contributed by atoms with E-state index in [2.05, 4.69) is 10.2 Å². The quantitative estimate of drug-likeness (QED) is 0.408. The second-order valence-electron chi connectivity index (χ2n) is 3.49. The van der Waals surface area contributed by atoms with Crippen LogP contribution in [0.2, 0.25) is 5.02 Å². The summed E-state index contributed by atoms with van der Waals surface area (Å²) >= 11 is 12.0. The molecule has 16 heavy (non-hydrogen) atoms. The Kier molecular flexibility index (Phi) is 3.42. The molecule has 0 saturated carbocycles. The number of hydrogen-bond acceptors (Lipinski definition) is 2. The number of alkyl halides is 1. The van der Waals surface area contributed by atoms with Crippen molar-refractivity contribution in [2.24, 2.45) is 10.2 Å². The molecule has 1 aliphatic carbocycles. The van der Waals surface area contributed by atoms with Crippen LogP contribution in [-0.4, -0.2) is 5.00 Å². The Morgan fingerprint density at radius 2 is 1.88 bits per heavy atom. The first kappa shape index (κ1) is 11.4. The smallest absolute Gasteiger partial charge is 0.161 e. The molecule has 0 N–H and O–H groups in total. The summed E-state index contributed by atoms with van der Waals surface area (Å²) in [6.45, 7) is 0. The molecule has 2 nitrogen and oxygen atoms in total. The molecule has 0 fully saturated rings. The van der Waals surface area contributed by atoms with Crippen LogP contribution in [0.4, 0.5) is 5.69 Å². The first-order valence-electron chi connectivity index (χ1n) is 4.90. The fraction of sp³-hybridized carbons (Fsp3) is 0.167. The fourth-order valence-corrected chi connectivity index (χ4v) is 1.63. The highest BCUT2D eigenvalue weighted by Gasteiger charge is 2.22. The van der Waals surface area contributed by atoms with Gasteiger partial charge in [0, 0.05) is 11.4 Å². The molecule has 0 aliphatic heterocycles. The van der Waals surface area contributed by atoms with E-state index in [1.165, 1.54) is 0 Å². The topological polar surface area (TPSA) is 24.7 Å². The zero-order chi connectivity index (χ0) is 11.4. The van der Waals surface area contributed by atoms with Gasteiger partial charge in [0.05, 0.1) is 5.69 Å². The average molecular weight is 253 g/mol. The summed E-state index contributed by atoms with van der Waals surface area (Å²) in [5.74, 6) is 0. The summed E-state index contributed by atoms with van der Waals surface area (Å²) in [6.07, 6.45) is 8.26. The zero-order valence-corrected chi connectivity index (χ0v) is 9.99. The van der Waals surface area contributed by atoms with E-state index in [4.69, 9.17) is 23.2 Å². The maximum Gasteiger partial charge on any atom is 0.176 e. The molecule has 0 saturated heterocycles. The van der Waals surface area contributed by atoms with Crippen LogP contribution < -0.4 is 0 Å². The maximum absolute atomic E-state index is 6.23. The molecule has 1 atom stereocenters. The van der Waals surface area contributed by atoms with Gasteiger partial charge in [-0.2, -0.15) is 10.2 Å². The lowest BCUT2D eigenvalue weighted by atomic mass is 10.1. The Balaban J connectivity index is 2.12. The van der Waals surface area contributed by atoms with Crippen molar-refractivity contribution in [1.29, 1.82) is 0 Å². The third kappa shape index (κ3) is 2.94. The minimum atomic E-state index is -0.742. The highest BCUT2D eigenvalue weighted by molar-refractivity contribution is 6.30. The van der Waals surface area contributed by atoms with Gasteiger partial charge in [-0.25, -0.2) is 0 Å². The largest absolute Gasteiger partial charge is 0.176 e. The molecular formula is C12H10Cl2N2. The number of allylic oxidation sites excluding steroid dienone is 2. The first-order valence-corrected chi connectivity index (χ1v) is 5.65. The molecule has 1 aliphatic rings. The van der Waals surface area contributed by atoms with Gasteiger partial charge in [-0.3, -0.25) is 0 Å². The summed E-state index contributed by atoms with van der Waals surface area (Å²) in [7, 11) is 0. The predicted molar refractivity (Wildman–Crippen MR) is 67.4 cm³/mol. The molecule has 0 spiro atoms. The van der Waals surface area contributed by atoms with E-state index in [9.17, 15) is 0 Å². The highest BCUT2D eigenvalue weighted by atomic mass is 35.5. The third-order valence-electron chi connectivity index (χ3n) is 2.16. The van der Waals surface area contributed by atoms with Gasteiger partial charge in [-0.15, -0.1) is 0 Å². The standard InChI is InChI=1S/C12H10Cl2N2/c13-10-4-6-11(7-5-10)15-16-12(14)8-2-1-3-9-12/h1-8H,9H2. The number of hydrogen-bond donors (Lipinski definition) is 0. The van der Waals surface area contributed by atoms with Gasteiger partial charge in [-0.05, 0) is 30.3 Å². The van der Waals surface area contributed by atoms with Crippen molar-refractivity contribution in [2.45, 2.75) is 11.4 Å². The number of azo groups is 1. The Hall–Kier alpha value is -1.12. The van der Waals surface area contributed by atoms with E-state index in [0.717, 1.165) is 5.69 Å². The van der Waals surface area contributed by atoms with Gasteiger partial charge in [-0.1, -0.05) is 41.4 Å². The SMILES string of the molecule is Clc1ccc(N=NC2(Cl)C=CC=CC2)cc1. The molecule has 0 radical (unpaired) electrons. The van der Waals surface area contributed by atoms with Crippen LogP contribution in [0.3, 0.4) is 0 Å². The number of rotatable bonds is 2. The van der Waals surface area contributed by atoms with Crippen molar-refractivity contribution in [3.63, 3.8) is 0 Å². The lowest BCUT2D eigenvalue weighted by molar-refractivity contribution is 0.701. The Labute approximate surface area is 104 Å². The third-order valence-corrected chi connectivity index (χ3v) is 2.77. The number of nitrogens with zero attached hydrogens (tertiary/aromatic N) is 2. The Morgan fingerprint density at radius 1 is 1.12 bits per heavy atom. The van der Waals surface area contributed by atoms with E-state index in [0.29, 0.717) is 11.4 Å². The molecule has 0 heterocycles. The molecule has 2 rings (SSSR count). The zero-order valence-electron chi connectivity index (χ0n) is 8.48. The van der Waals surface area contributed by atoms with Gasteiger partial charge in [0.1, 0.15) is 0 Å². The van der Waals surface area contributed by atoms with Gasteiger partial charge < -0.3 is 0 Å². The molecule has 0 amide bonds. The van der Waals surface area contributed by atoms with Gasteiger partial charge in [0.25, 0.3) is 0 Å². The van der Waals surface area contributed by atoms with Crippen LogP contribution in [0.15, 0.2) is 58.8 Å². The van der Waals surface area contributed by atoms with E-state index >= 15 is 0 Å². The van der Waals surface area contributed by atoms with Crippen molar-refractivity contribution < 1.29 is 0 Å². The van der Waals surface area contributed by atoms with Crippen LogP contribution in [0.1, 0.15) is 6.42 Å². The van der Waals surface area contributed by atoms with Crippen LogP contribution in [-0.2, 0) is 0 Å². The molecule has 82 valence electrons. The summed E-state index contributed by atoms with van der Waals surface area (Å²) in [4.78, 5) is -0.742. The summed E-state index contributed by atoms with van der Waals surface area (Å²) in [6, 6.07) is 7.14. The fourth-order valence-electron chi connectivity index (χ4n) is 1.31. The molecule has 0 aromatic heterocycles. The lowest BCUT2D eigenvalue weighted by Crippen LogP contribution is -2.14. The summed E-state index contributed by atoms with van der Waals surface area (Å²) in [5, 5.41) is 8.90. The number of benzene rings is 1. The van der Waals surface area contributed by atoms with Crippen LogP contribution in [0.5, 0.6) is 0 Å². The van der Waals surface area contributed by atoms with E-state index < -0.39 is 5.00 Å². The minimum Gasteiger partial charge on any atom is -0.161 e. The highest BCUT2D eigenvalue weighted by Crippen LogP contribution is 2.29. The minimum absolute atomic E-state index is 0.655. The van der Waals surface area contributed by atoms with Crippen LogP contribution in [0.25, 0.3) is 0 Å². The molecule has 1 aromatic rings. The van der Waals surface area contributed by atoms with Crippen molar-refractivity contribution in [3.05, 3.63) is 53.6 Å². The molecule has 0 bridgehead atoms. The molecule has 4 heteroatoms. The van der Waals surface area contributed by atoms with Gasteiger partial charge >= 0.3 is 0 Å². The maximum atomic E-state index is 6.23. The predicted octanol–water partition coefficient (Wildman–Crippen LogP) is 4.87. The monoisotopic (exact) mass is 252 g/mol. The Bertz CT molecular complexity index is 449. The summed E-state index contributed by atoms with van der Waals surface area (Å²) in [5.41, 5.74) is 0.743. The van der Waals surface area contributed by atoms with Gasteiger partial charge in [0.15, 0.2) is 5.00 Å². The van der Waals surface area contributed by atoms with Gasteiger partial charge in [0.2, 0.25) is 0 Å². The molecular weight excluding hydrogens is 243 g/mol. The average Bonchev–Trinajstić information content (AvgIpc) is 2.29. The second kappa shape index (κ2) is 4.81.